The Balaban J connectivity index is 0.000000168. The summed E-state index contributed by atoms with van der Waals surface area (Å²) in [7, 11) is 0. The van der Waals surface area contributed by atoms with Crippen LogP contribution in [0.4, 0.5) is 68.6 Å². The van der Waals surface area contributed by atoms with E-state index in [4.69, 9.17) is 45.0 Å². The SMILES string of the molecule is NC1=NCC2(CCN(c3cnc(Sc4cccnc4C(F)(F)F)c(N)n3)CC2)O1.NCC1(O)CCN(c2cnc(Sc3cccnc3C(F)(F)F)c(N)n2)CC1.Nc1nc(Cl)cnc1Sc1cccnc1C(F)(F)F. The molecule has 0 unspecified atom stereocenters. The van der Waals surface area contributed by atoms with Crippen molar-refractivity contribution in [3.63, 3.8) is 0 Å². The first-order valence-corrected chi connectivity index (χ1v) is 24.7. The van der Waals surface area contributed by atoms with Crippen LogP contribution in [0.15, 0.2) is 108 Å². The Morgan fingerprint density at radius 3 is 1.28 bits per heavy atom. The highest BCUT2D eigenvalue weighted by molar-refractivity contribution is 8.00. The number of nitrogens with zero attached hydrogens (tertiary/aromatic N) is 12. The van der Waals surface area contributed by atoms with Crippen molar-refractivity contribution >= 4 is 82.0 Å². The van der Waals surface area contributed by atoms with Crippen LogP contribution in [0.5, 0.6) is 0 Å². The van der Waals surface area contributed by atoms with E-state index >= 15 is 0 Å². The molecule has 400 valence electrons. The summed E-state index contributed by atoms with van der Waals surface area (Å²) in [6, 6.07) is 8.40. The molecule has 3 aliphatic heterocycles. The number of rotatable bonds is 9. The maximum Gasteiger partial charge on any atom is 0.434 e. The number of aromatic nitrogens is 9. The van der Waals surface area contributed by atoms with E-state index in [0.29, 0.717) is 57.2 Å². The molecule has 0 radical (unpaired) electrons. The summed E-state index contributed by atoms with van der Waals surface area (Å²) >= 11 is 7.87. The second-order valence-electron chi connectivity index (χ2n) is 16.4. The molecule has 1 spiro atoms. The summed E-state index contributed by atoms with van der Waals surface area (Å²) in [4.78, 5) is 42.5. The van der Waals surface area contributed by atoms with Crippen LogP contribution in [0.1, 0.15) is 42.8 Å². The van der Waals surface area contributed by atoms with E-state index in [1.165, 1.54) is 55.0 Å². The number of ether oxygens (including phenoxy) is 1. The van der Waals surface area contributed by atoms with Crippen molar-refractivity contribution in [2.45, 2.75) is 85.2 Å². The van der Waals surface area contributed by atoms with Crippen molar-refractivity contribution in [1.29, 1.82) is 0 Å². The van der Waals surface area contributed by atoms with Gasteiger partial charge < -0.3 is 48.3 Å². The first kappa shape index (κ1) is 56.3. The van der Waals surface area contributed by atoms with Crippen LogP contribution >= 0.6 is 46.9 Å². The molecule has 32 heteroatoms. The molecule has 0 bridgehead atoms. The number of aliphatic imine (C=N–C) groups is 1. The standard InChI is InChI=1S/C17H18F3N7OS.C16H19F3N6OS.C10H6ClF3N4S/c18-17(19,20)12-10(2-1-5-23-12)29-14-13(21)26-11(8-24-14)27-6-3-16(4-7-27)9-25-15(22)28-16;17-16(18,19)12-10(2-1-5-22-12)27-14-13(21)24-11(8-23-14)25-6-3-15(26,9-20)4-7-25;11-6-4-17-9(8(15)18-6)19-5-2-1-3-16-7(5)10(12,13)14/h1-2,5,8H,3-4,6-7,9H2,(H2,21,26)(H2,22,25);1-2,5,8,26H,3-4,6-7,9,20H2,(H2,21,24);1-4H,(H2,15,18). The summed E-state index contributed by atoms with van der Waals surface area (Å²) in [5, 5.41) is 10.8. The van der Waals surface area contributed by atoms with Crippen LogP contribution in [0.3, 0.4) is 0 Å². The Bertz CT molecular complexity index is 2980. The number of amidine groups is 1. The number of hydrogen-bond donors (Lipinski definition) is 6. The fourth-order valence-corrected chi connectivity index (χ4v) is 10.1. The van der Waals surface area contributed by atoms with Gasteiger partial charge in [0.25, 0.3) is 6.02 Å². The second kappa shape index (κ2) is 23.2. The Morgan fingerprint density at radius 2 is 0.947 bits per heavy atom. The molecule has 9 rings (SSSR count). The number of anilines is 5. The van der Waals surface area contributed by atoms with E-state index in [1.54, 1.807) is 0 Å². The van der Waals surface area contributed by atoms with Gasteiger partial charge in [-0.25, -0.2) is 34.9 Å². The maximum absolute atomic E-state index is 13.1. The fraction of sp³-hybridized carbons (Fsp3) is 0.349. The van der Waals surface area contributed by atoms with Gasteiger partial charge in [0.2, 0.25) is 0 Å². The lowest BCUT2D eigenvalue weighted by Gasteiger charge is -2.38. The lowest BCUT2D eigenvalue weighted by Crippen LogP contribution is -2.49. The van der Waals surface area contributed by atoms with E-state index in [1.807, 2.05) is 9.80 Å². The third-order valence-corrected chi connectivity index (χ3v) is 14.6. The van der Waals surface area contributed by atoms with Gasteiger partial charge in [-0.05, 0) is 49.2 Å². The number of hydrogen-bond acceptors (Lipinski definition) is 22. The van der Waals surface area contributed by atoms with Crippen molar-refractivity contribution in [1.82, 2.24) is 44.9 Å². The quantitative estimate of drug-likeness (QED) is 0.0764. The molecule has 2 saturated heterocycles. The average Bonchev–Trinajstić information content (AvgIpc) is 3.72. The van der Waals surface area contributed by atoms with E-state index < -0.39 is 41.2 Å². The van der Waals surface area contributed by atoms with Crippen molar-refractivity contribution in [2.75, 3.05) is 66.3 Å². The van der Waals surface area contributed by atoms with Gasteiger partial charge in [-0.2, -0.15) is 39.5 Å². The number of nitrogens with two attached hydrogens (primary N) is 5. The van der Waals surface area contributed by atoms with Crippen LogP contribution in [-0.4, -0.2) is 106 Å². The van der Waals surface area contributed by atoms with Gasteiger partial charge in [0, 0.05) is 78.8 Å². The number of piperidine rings is 2. The lowest BCUT2D eigenvalue weighted by atomic mass is 9.91. The molecule has 0 amide bonds. The molecule has 11 N–H and O–H groups in total. The van der Waals surface area contributed by atoms with Gasteiger partial charge in [0.1, 0.15) is 37.5 Å². The first-order valence-electron chi connectivity index (χ1n) is 21.9. The van der Waals surface area contributed by atoms with Gasteiger partial charge in [-0.3, -0.25) is 15.0 Å². The molecular formula is C43H43ClF9N17O2S3. The summed E-state index contributed by atoms with van der Waals surface area (Å²) < 4.78 is 123. The molecule has 2 fully saturated rings. The zero-order valence-corrected chi connectivity index (χ0v) is 41.8. The molecule has 0 aromatic carbocycles. The van der Waals surface area contributed by atoms with Gasteiger partial charge in [-0.1, -0.05) is 46.9 Å². The normalized spacial score (nSPS) is 16.3. The topological polar surface area (TPSA) is 294 Å². The van der Waals surface area contributed by atoms with Crippen LogP contribution in [0.2, 0.25) is 5.15 Å². The summed E-state index contributed by atoms with van der Waals surface area (Å²) in [5.41, 5.74) is 24.5. The predicted molar refractivity (Wildman–Crippen MR) is 262 cm³/mol. The van der Waals surface area contributed by atoms with Crippen LogP contribution < -0.4 is 38.5 Å². The predicted octanol–water partition coefficient (Wildman–Crippen LogP) is 7.50. The minimum Gasteiger partial charge on any atom is -0.457 e. The van der Waals surface area contributed by atoms with Gasteiger partial charge in [0.05, 0.1) is 30.7 Å². The minimum atomic E-state index is -4.57. The van der Waals surface area contributed by atoms with E-state index in [0.717, 1.165) is 66.7 Å². The number of aliphatic hydroxyl groups is 1. The molecule has 75 heavy (non-hydrogen) atoms. The molecule has 9 heterocycles. The molecule has 19 nitrogen and oxygen atoms in total. The number of alkyl halides is 9. The van der Waals surface area contributed by atoms with E-state index in [2.05, 4.69) is 49.8 Å². The molecule has 0 saturated carbocycles. The molecule has 6 aromatic heterocycles. The molecule has 3 aliphatic rings. The first-order chi connectivity index (χ1) is 35.3. The van der Waals surface area contributed by atoms with Crippen molar-refractivity contribution in [3.8, 4) is 0 Å². The zero-order chi connectivity index (χ0) is 54.3. The van der Waals surface area contributed by atoms with Crippen LogP contribution in [-0.2, 0) is 23.3 Å². The molecule has 0 atom stereocenters. The van der Waals surface area contributed by atoms with Crippen molar-refractivity contribution in [3.05, 3.63) is 95.8 Å². The largest absolute Gasteiger partial charge is 0.457 e. The molecular weight excluding hydrogens is 1090 g/mol. The van der Waals surface area contributed by atoms with Crippen LogP contribution in [0.25, 0.3) is 0 Å². The maximum atomic E-state index is 13.1. The highest BCUT2D eigenvalue weighted by Gasteiger charge is 2.42. The van der Waals surface area contributed by atoms with E-state index in [9.17, 15) is 44.6 Å². The van der Waals surface area contributed by atoms with Gasteiger partial charge in [-0.15, -0.1) is 0 Å². The lowest BCUT2D eigenvalue weighted by molar-refractivity contribution is -0.144. The van der Waals surface area contributed by atoms with Gasteiger partial charge >= 0.3 is 18.5 Å². The van der Waals surface area contributed by atoms with Gasteiger partial charge in [0.15, 0.2) is 34.5 Å². The summed E-state index contributed by atoms with van der Waals surface area (Å²) in [6.07, 6.45) is -3.80. The monoisotopic (exact) mass is 1130 g/mol. The third kappa shape index (κ3) is 14.5. The molecule has 6 aromatic rings. The minimum absolute atomic E-state index is 0.0329. The number of halogens is 10. The average molecular weight is 1130 g/mol. The second-order valence-corrected chi connectivity index (χ2v) is 19.9. The highest BCUT2D eigenvalue weighted by Crippen LogP contribution is 2.42. The molecule has 0 aliphatic carbocycles. The zero-order valence-electron chi connectivity index (χ0n) is 38.6. The van der Waals surface area contributed by atoms with Crippen molar-refractivity contribution in [2.24, 2.45) is 16.5 Å². The van der Waals surface area contributed by atoms with Crippen molar-refractivity contribution < 1.29 is 49.4 Å². The third-order valence-electron chi connectivity index (χ3n) is 11.2. The smallest absolute Gasteiger partial charge is 0.434 e. The summed E-state index contributed by atoms with van der Waals surface area (Å²) in [6.45, 7) is 3.12. The summed E-state index contributed by atoms with van der Waals surface area (Å²) in [5.74, 6) is 1.15. The Morgan fingerprint density at radius 1 is 0.573 bits per heavy atom. The number of pyridine rings is 3. The fourth-order valence-electron chi connectivity index (χ4n) is 7.31. The highest BCUT2D eigenvalue weighted by atomic mass is 35.5. The van der Waals surface area contributed by atoms with Crippen LogP contribution in [0, 0.1) is 0 Å². The Hall–Kier alpha value is -6.41. The van der Waals surface area contributed by atoms with E-state index in [-0.39, 0.29) is 70.5 Å². The Kier molecular flexibility index (Phi) is 17.4. The Labute approximate surface area is 438 Å². The number of nitrogen functional groups attached to an aromatic ring is 3.